The SMILES string of the molecule is c1ccc(-n2ccnn2)c(NCc2cnco2)c1. The highest BCUT2D eigenvalue weighted by atomic mass is 16.3. The van der Waals surface area contributed by atoms with Gasteiger partial charge in [0.05, 0.1) is 36.5 Å². The van der Waals surface area contributed by atoms with Gasteiger partial charge in [0.25, 0.3) is 0 Å². The highest BCUT2D eigenvalue weighted by Crippen LogP contribution is 2.19. The molecule has 1 aromatic carbocycles. The Morgan fingerprint density at radius 3 is 3.00 bits per heavy atom. The highest BCUT2D eigenvalue weighted by molar-refractivity contribution is 5.60. The van der Waals surface area contributed by atoms with E-state index in [2.05, 4.69) is 20.6 Å². The first-order chi connectivity index (χ1) is 8.93. The molecule has 0 unspecified atom stereocenters. The molecule has 0 spiro atoms. The Morgan fingerprint density at radius 2 is 2.22 bits per heavy atom. The van der Waals surface area contributed by atoms with Crippen molar-refractivity contribution in [3.63, 3.8) is 0 Å². The van der Waals surface area contributed by atoms with E-state index in [4.69, 9.17) is 4.42 Å². The first-order valence-electron chi connectivity index (χ1n) is 5.50. The van der Waals surface area contributed by atoms with Gasteiger partial charge < -0.3 is 9.73 Å². The molecule has 0 aliphatic carbocycles. The zero-order valence-electron chi connectivity index (χ0n) is 9.52. The lowest BCUT2D eigenvalue weighted by molar-refractivity contribution is 0.511. The third-order valence-corrected chi connectivity index (χ3v) is 2.51. The second-order valence-electron chi connectivity index (χ2n) is 3.69. The molecule has 3 aromatic rings. The predicted octanol–water partition coefficient (Wildman–Crippen LogP) is 1.87. The average molecular weight is 241 g/mol. The van der Waals surface area contributed by atoms with Crippen molar-refractivity contribution in [1.82, 2.24) is 20.0 Å². The standard InChI is InChI=1S/C12H11N5O/c1-2-4-12(17-6-5-15-16-17)11(3-1)14-8-10-7-13-9-18-10/h1-7,9,14H,8H2. The van der Waals surface area contributed by atoms with Gasteiger partial charge in [-0.15, -0.1) is 5.10 Å². The van der Waals surface area contributed by atoms with Crippen molar-refractivity contribution < 1.29 is 4.42 Å². The van der Waals surface area contributed by atoms with Crippen molar-refractivity contribution in [2.24, 2.45) is 0 Å². The van der Waals surface area contributed by atoms with E-state index in [9.17, 15) is 0 Å². The fraction of sp³-hybridized carbons (Fsp3) is 0.0833. The largest absolute Gasteiger partial charge is 0.447 e. The van der Waals surface area contributed by atoms with Gasteiger partial charge in [0, 0.05) is 0 Å². The number of nitrogens with zero attached hydrogens (tertiary/aromatic N) is 4. The fourth-order valence-corrected chi connectivity index (χ4v) is 1.67. The summed E-state index contributed by atoms with van der Waals surface area (Å²) in [5.74, 6) is 0.781. The number of benzene rings is 1. The molecule has 6 heteroatoms. The Hall–Kier alpha value is -2.63. The molecule has 0 fully saturated rings. The number of hydrogen-bond acceptors (Lipinski definition) is 5. The van der Waals surface area contributed by atoms with Gasteiger partial charge in [0.15, 0.2) is 6.39 Å². The van der Waals surface area contributed by atoms with Crippen LogP contribution in [-0.2, 0) is 6.54 Å². The van der Waals surface area contributed by atoms with Crippen molar-refractivity contribution >= 4 is 5.69 Å². The van der Waals surface area contributed by atoms with E-state index in [1.165, 1.54) is 6.39 Å². The monoisotopic (exact) mass is 241 g/mol. The third-order valence-electron chi connectivity index (χ3n) is 2.51. The number of hydrogen-bond donors (Lipinski definition) is 1. The van der Waals surface area contributed by atoms with E-state index >= 15 is 0 Å². The minimum Gasteiger partial charge on any atom is -0.447 e. The molecule has 3 rings (SSSR count). The molecule has 0 aliphatic rings. The summed E-state index contributed by atoms with van der Waals surface area (Å²) >= 11 is 0. The fourth-order valence-electron chi connectivity index (χ4n) is 1.67. The molecular formula is C12H11N5O. The highest BCUT2D eigenvalue weighted by Gasteiger charge is 2.05. The molecule has 0 amide bonds. The average Bonchev–Trinajstić information content (AvgIpc) is 3.10. The summed E-state index contributed by atoms with van der Waals surface area (Å²) in [6, 6.07) is 7.87. The number of oxazole rings is 1. The predicted molar refractivity (Wildman–Crippen MR) is 65.2 cm³/mol. The summed E-state index contributed by atoms with van der Waals surface area (Å²) in [6.07, 6.45) is 6.55. The van der Waals surface area contributed by atoms with Crippen molar-refractivity contribution in [3.8, 4) is 5.69 Å². The second-order valence-corrected chi connectivity index (χ2v) is 3.69. The molecule has 0 saturated carbocycles. The van der Waals surface area contributed by atoms with Crippen molar-refractivity contribution in [3.05, 3.63) is 55.0 Å². The summed E-state index contributed by atoms with van der Waals surface area (Å²) in [7, 11) is 0. The van der Waals surface area contributed by atoms with Gasteiger partial charge in [0.1, 0.15) is 5.76 Å². The van der Waals surface area contributed by atoms with Crippen LogP contribution in [-0.4, -0.2) is 20.0 Å². The van der Waals surface area contributed by atoms with E-state index in [1.807, 2.05) is 24.3 Å². The van der Waals surface area contributed by atoms with Gasteiger partial charge in [-0.2, -0.15) is 0 Å². The maximum atomic E-state index is 5.18. The lowest BCUT2D eigenvalue weighted by Crippen LogP contribution is -2.04. The molecule has 0 atom stereocenters. The van der Waals surface area contributed by atoms with Crippen LogP contribution in [0.25, 0.3) is 5.69 Å². The van der Waals surface area contributed by atoms with E-state index in [0.29, 0.717) is 6.54 Å². The van der Waals surface area contributed by atoms with Crippen LogP contribution in [0.15, 0.2) is 53.7 Å². The minimum atomic E-state index is 0.575. The van der Waals surface area contributed by atoms with Gasteiger partial charge in [-0.05, 0) is 12.1 Å². The smallest absolute Gasteiger partial charge is 0.180 e. The summed E-state index contributed by atoms with van der Waals surface area (Å²) in [5.41, 5.74) is 1.90. The number of nitrogens with one attached hydrogen (secondary N) is 1. The molecule has 2 aromatic heterocycles. The number of rotatable bonds is 4. The van der Waals surface area contributed by atoms with Crippen molar-refractivity contribution in [2.75, 3.05) is 5.32 Å². The molecule has 90 valence electrons. The molecule has 0 saturated heterocycles. The summed E-state index contributed by atoms with van der Waals surface area (Å²) in [4.78, 5) is 3.87. The van der Waals surface area contributed by atoms with Crippen LogP contribution in [0.4, 0.5) is 5.69 Å². The zero-order chi connectivity index (χ0) is 12.2. The second kappa shape index (κ2) is 4.70. The van der Waals surface area contributed by atoms with E-state index in [0.717, 1.165) is 17.1 Å². The third kappa shape index (κ3) is 2.08. The Labute approximate surface area is 103 Å². The molecule has 18 heavy (non-hydrogen) atoms. The number of aromatic nitrogens is 4. The minimum absolute atomic E-state index is 0.575. The Kier molecular flexibility index (Phi) is 2.75. The molecule has 0 bridgehead atoms. The van der Waals surface area contributed by atoms with Crippen LogP contribution in [0.2, 0.25) is 0 Å². The zero-order valence-corrected chi connectivity index (χ0v) is 9.52. The molecule has 2 heterocycles. The van der Waals surface area contributed by atoms with Gasteiger partial charge in [-0.3, -0.25) is 0 Å². The summed E-state index contributed by atoms with van der Waals surface area (Å²) < 4.78 is 6.89. The van der Waals surface area contributed by atoms with Crippen LogP contribution in [0, 0.1) is 0 Å². The van der Waals surface area contributed by atoms with E-state index in [1.54, 1.807) is 23.3 Å². The van der Waals surface area contributed by atoms with Gasteiger partial charge in [-0.1, -0.05) is 17.3 Å². The first-order valence-corrected chi connectivity index (χ1v) is 5.50. The van der Waals surface area contributed by atoms with E-state index in [-0.39, 0.29) is 0 Å². The molecule has 0 aliphatic heterocycles. The molecule has 6 nitrogen and oxygen atoms in total. The number of anilines is 1. The lowest BCUT2D eigenvalue weighted by atomic mass is 10.2. The Balaban J connectivity index is 1.84. The normalized spacial score (nSPS) is 10.4. The maximum absolute atomic E-state index is 5.18. The van der Waals surface area contributed by atoms with Crippen molar-refractivity contribution in [2.45, 2.75) is 6.54 Å². The maximum Gasteiger partial charge on any atom is 0.180 e. The van der Waals surface area contributed by atoms with Crippen LogP contribution in [0.1, 0.15) is 5.76 Å². The summed E-state index contributed by atoms with van der Waals surface area (Å²) in [6.45, 7) is 0.575. The lowest BCUT2D eigenvalue weighted by Gasteiger charge is -2.10. The van der Waals surface area contributed by atoms with Crippen molar-refractivity contribution in [1.29, 1.82) is 0 Å². The Morgan fingerprint density at radius 1 is 1.28 bits per heavy atom. The van der Waals surface area contributed by atoms with Gasteiger partial charge >= 0.3 is 0 Å². The molecular weight excluding hydrogens is 230 g/mol. The topological polar surface area (TPSA) is 68.8 Å². The summed E-state index contributed by atoms with van der Waals surface area (Å²) in [5, 5.41) is 11.1. The Bertz CT molecular complexity index is 603. The molecule has 1 N–H and O–H groups in total. The van der Waals surface area contributed by atoms with Crippen LogP contribution < -0.4 is 5.32 Å². The molecule has 0 radical (unpaired) electrons. The van der Waals surface area contributed by atoms with E-state index < -0.39 is 0 Å². The number of para-hydroxylation sites is 2. The van der Waals surface area contributed by atoms with Gasteiger partial charge in [0.2, 0.25) is 0 Å². The van der Waals surface area contributed by atoms with Crippen LogP contribution in [0.5, 0.6) is 0 Å². The van der Waals surface area contributed by atoms with Gasteiger partial charge in [-0.25, -0.2) is 9.67 Å². The first kappa shape index (κ1) is 10.5. The quantitative estimate of drug-likeness (QED) is 0.755. The van der Waals surface area contributed by atoms with Crippen LogP contribution >= 0.6 is 0 Å². The van der Waals surface area contributed by atoms with Crippen LogP contribution in [0.3, 0.4) is 0 Å².